The summed E-state index contributed by atoms with van der Waals surface area (Å²) < 4.78 is 7.95. The lowest BCUT2D eigenvalue weighted by molar-refractivity contribution is 0.205. The lowest BCUT2D eigenvalue weighted by Crippen LogP contribution is -2.14. The highest BCUT2D eigenvalue weighted by Gasteiger charge is 2.29. The molecule has 0 N–H and O–H groups in total. The van der Waals surface area contributed by atoms with Crippen LogP contribution in [0.15, 0.2) is 48.5 Å². The Hall–Kier alpha value is -2.29. The largest absolute Gasteiger partial charge is 0.446 e. The molecule has 0 saturated carbocycles. The van der Waals surface area contributed by atoms with Gasteiger partial charge >= 0.3 is 0 Å². The molecule has 106 valence electrons. The van der Waals surface area contributed by atoms with E-state index in [1.807, 2.05) is 16.8 Å². The molecule has 0 fully saturated rings. The minimum absolute atomic E-state index is 0.116. The second-order valence-electron chi connectivity index (χ2n) is 5.58. The molecule has 1 unspecified atom stereocenters. The Kier molecular flexibility index (Phi) is 2.92. The van der Waals surface area contributed by atoms with Crippen LogP contribution in [0, 0.1) is 0 Å². The van der Waals surface area contributed by atoms with Crippen LogP contribution in [0.4, 0.5) is 0 Å². The third-order valence-electron chi connectivity index (χ3n) is 4.11. The summed E-state index contributed by atoms with van der Waals surface area (Å²) in [5.41, 5.74) is 3.69. The highest BCUT2D eigenvalue weighted by atomic mass is 16.5. The number of rotatable bonds is 4. The fourth-order valence-electron chi connectivity index (χ4n) is 2.92. The topological polar surface area (TPSA) is 27.1 Å². The van der Waals surface area contributed by atoms with E-state index in [2.05, 4.69) is 48.4 Å². The highest BCUT2D eigenvalue weighted by Crippen LogP contribution is 2.37. The van der Waals surface area contributed by atoms with E-state index in [0.29, 0.717) is 0 Å². The van der Waals surface area contributed by atoms with Gasteiger partial charge in [-0.1, -0.05) is 49.7 Å². The molecule has 2 bridgehead atoms. The first kappa shape index (κ1) is 12.5. The second kappa shape index (κ2) is 4.92. The van der Waals surface area contributed by atoms with Crippen molar-refractivity contribution >= 4 is 10.9 Å². The highest BCUT2D eigenvalue weighted by molar-refractivity contribution is 5.85. The monoisotopic (exact) mass is 278 g/mol. The van der Waals surface area contributed by atoms with Gasteiger partial charge in [0, 0.05) is 5.56 Å². The Labute approximate surface area is 124 Å². The normalized spacial score (nSPS) is 16.3. The van der Waals surface area contributed by atoms with Gasteiger partial charge < -0.3 is 4.74 Å². The molecule has 2 heterocycles. The standard InChI is InChI=1S/C18H18N2O/c1-2-3-6-13-9-11-14(12-10-13)18-20-16-8-5-4-7-15(16)17(19-20)21-18/h4-5,7-12,18H,2-3,6H2,1H3. The zero-order chi connectivity index (χ0) is 14.2. The fraction of sp³-hybridized carbons (Fsp3) is 0.278. The maximum atomic E-state index is 5.97. The van der Waals surface area contributed by atoms with Crippen LogP contribution in [0.3, 0.4) is 0 Å². The van der Waals surface area contributed by atoms with Gasteiger partial charge in [0.25, 0.3) is 0 Å². The van der Waals surface area contributed by atoms with E-state index >= 15 is 0 Å². The average molecular weight is 278 g/mol. The van der Waals surface area contributed by atoms with Crippen molar-refractivity contribution in [2.45, 2.75) is 32.4 Å². The Balaban J connectivity index is 1.64. The van der Waals surface area contributed by atoms with Gasteiger partial charge in [-0.15, -0.1) is 5.10 Å². The molecule has 1 atom stereocenters. The van der Waals surface area contributed by atoms with Crippen LogP contribution in [0.1, 0.15) is 37.1 Å². The van der Waals surface area contributed by atoms with E-state index in [9.17, 15) is 0 Å². The number of para-hydroxylation sites is 1. The first-order valence-electron chi connectivity index (χ1n) is 7.59. The lowest BCUT2D eigenvalue weighted by atomic mass is 10.1. The molecule has 1 aliphatic rings. The predicted molar refractivity (Wildman–Crippen MR) is 83.6 cm³/mol. The zero-order valence-corrected chi connectivity index (χ0v) is 12.1. The third-order valence-corrected chi connectivity index (χ3v) is 4.11. The van der Waals surface area contributed by atoms with Crippen molar-refractivity contribution in [3.8, 4) is 5.88 Å². The quantitative estimate of drug-likeness (QED) is 0.710. The molecular weight excluding hydrogens is 260 g/mol. The Bertz CT molecular complexity index is 774. The number of aromatic nitrogens is 2. The zero-order valence-electron chi connectivity index (χ0n) is 12.1. The summed E-state index contributed by atoms with van der Waals surface area (Å²) in [6.07, 6.45) is 3.51. The number of aryl methyl sites for hydroxylation is 1. The number of hydrogen-bond acceptors (Lipinski definition) is 2. The molecule has 4 rings (SSSR count). The summed E-state index contributed by atoms with van der Waals surface area (Å²) in [6.45, 7) is 2.22. The molecule has 1 aromatic heterocycles. The molecule has 0 radical (unpaired) electrons. The van der Waals surface area contributed by atoms with Crippen LogP contribution in [-0.2, 0) is 6.42 Å². The molecule has 0 amide bonds. The van der Waals surface area contributed by atoms with Crippen LogP contribution in [0.5, 0.6) is 5.88 Å². The maximum absolute atomic E-state index is 5.97. The smallest absolute Gasteiger partial charge is 0.243 e. The van der Waals surface area contributed by atoms with Crippen molar-refractivity contribution in [2.75, 3.05) is 0 Å². The molecular formula is C18H18N2O. The van der Waals surface area contributed by atoms with E-state index in [1.54, 1.807) is 0 Å². The van der Waals surface area contributed by atoms with Gasteiger partial charge in [0.15, 0.2) is 0 Å². The van der Waals surface area contributed by atoms with Gasteiger partial charge in [-0.2, -0.15) is 0 Å². The molecule has 0 aliphatic carbocycles. The number of fused-ring (bicyclic) bond motifs is 5. The Morgan fingerprint density at radius 1 is 1.10 bits per heavy atom. The average Bonchev–Trinajstić information content (AvgIpc) is 3.13. The van der Waals surface area contributed by atoms with Crippen LogP contribution >= 0.6 is 0 Å². The minimum atomic E-state index is -0.116. The molecule has 3 heteroatoms. The first-order chi connectivity index (χ1) is 10.4. The number of ether oxygens (including phenoxy) is 1. The summed E-state index contributed by atoms with van der Waals surface area (Å²) in [5, 5.41) is 5.62. The van der Waals surface area contributed by atoms with Crippen LogP contribution in [-0.4, -0.2) is 9.78 Å². The van der Waals surface area contributed by atoms with Crippen molar-refractivity contribution in [3.63, 3.8) is 0 Å². The summed E-state index contributed by atoms with van der Waals surface area (Å²) in [7, 11) is 0. The summed E-state index contributed by atoms with van der Waals surface area (Å²) in [4.78, 5) is 0. The van der Waals surface area contributed by atoms with E-state index < -0.39 is 0 Å². The van der Waals surface area contributed by atoms with Crippen molar-refractivity contribution < 1.29 is 4.74 Å². The van der Waals surface area contributed by atoms with Gasteiger partial charge in [-0.3, -0.25) is 0 Å². The minimum Gasteiger partial charge on any atom is -0.446 e. The van der Waals surface area contributed by atoms with Gasteiger partial charge in [0.05, 0.1) is 10.9 Å². The SMILES string of the molecule is CCCCc1ccc(C2Oc3nn2c2ccccc32)cc1. The third kappa shape index (κ3) is 2.00. The van der Waals surface area contributed by atoms with Crippen LogP contribution in [0.25, 0.3) is 10.9 Å². The maximum Gasteiger partial charge on any atom is 0.243 e. The second-order valence-corrected chi connectivity index (χ2v) is 5.58. The van der Waals surface area contributed by atoms with Gasteiger partial charge in [0.1, 0.15) is 0 Å². The number of unbranched alkanes of at least 4 members (excludes halogenated alkanes) is 1. The van der Waals surface area contributed by atoms with Gasteiger partial charge in [-0.25, -0.2) is 4.68 Å². The van der Waals surface area contributed by atoms with E-state index in [4.69, 9.17) is 4.74 Å². The predicted octanol–water partition coefficient (Wildman–Crippen LogP) is 4.32. The molecule has 2 aromatic carbocycles. The van der Waals surface area contributed by atoms with Crippen molar-refractivity contribution in [1.82, 2.24) is 9.78 Å². The van der Waals surface area contributed by atoms with Crippen LogP contribution in [0.2, 0.25) is 0 Å². The lowest BCUT2D eigenvalue weighted by Gasteiger charge is -2.17. The van der Waals surface area contributed by atoms with Crippen molar-refractivity contribution in [3.05, 3.63) is 59.7 Å². The Morgan fingerprint density at radius 3 is 2.71 bits per heavy atom. The molecule has 3 aromatic rings. The van der Waals surface area contributed by atoms with E-state index in [0.717, 1.165) is 28.8 Å². The molecule has 0 spiro atoms. The van der Waals surface area contributed by atoms with E-state index in [1.165, 1.54) is 18.4 Å². The number of nitrogens with zero attached hydrogens (tertiary/aromatic N) is 2. The summed E-state index contributed by atoms with van der Waals surface area (Å²) in [6, 6.07) is 16.9. The van der Waals surface area contributed by atoms with Crippen molar-refractivity contribution in [2.24, 2.45) is 0 Å². The molecule has 0 saturated heterocycles. The first-order valence-corrected chi connectivity index (χ1v) is 7.59. The molecule has 21 heavy (non-hydrogen) atoms. The van der Waals surface area contributed by atoms with Gasteiger partial charge in [-0.05, 0) is 30.5 Å². The Morgan fingerprint density at radius 2 is 1.90 bits per heavy atom. The van der Waals surface area contributed by atoms with Crippen molar-refractivity contribution in [1.29, 1.82) is 0 Å². The molecule has 1 aliphatic heterocycles. The number of benzene rings is 2. The summed E-state index contributed by atoms with van der Waals surface area (Å²) >= 11 is 0. The van der Waals surface area contributed by atoms with Gasteiger partial charge in [0.2, 0.25) is 12.1 Å². The summed E-state index contributed by atoms with van der Waals surface area (Å²) in [5.74, 6) is 0.741. The van der Waals surface area contributed by atoms with Crippen LogP contribution < -0.4 is 4.74 Å². The molecule has 3 nitrogen and oxygen atoms in total. The van der Waals surface area contributed by atoms with E-state index in [-0.39, 0.29) is 6.23 Å². The fourth-order valence-corrected chi connectivity index (χ4v) is 2.92. The number of hydrogen-bond donors (Lipinski definition) is 0.